The third-order valence-electron chi connectivity index (χ3n) is 4.26. The first-order valence-corrected chi connectivity index (χ1v) is 8.11. The van der Waals surface area contributed by atoms with Gasteiger partial charge >= 0.3 is 0 Å². The minimum absolute atomic E-state index is 0.146. The van der Waals surface area contributed by atoms with Crippen LogP contribution in [0.2, 0.25) is 0 Å². The van der Waals surface area contributed by atoms with Crippen molar-refractivity contribution in [2.75, 3.05) is 18.0 Å². The van der Waals surface area contributed by atoms with Gasteiger partial charge < -0.3 is 10.2 Å². The van der Waals surface area contributed by atoms with Crippen LogP contribution in [0.15, 0.2) is 42.7 Å². The van der Waals surface area contributed by atoms with Gasteiger partial charge in [-0.25, -0.2) is 9.97 Å². The molecule has 3 rings (SSSR count). The first-order valence-electron chi connectivity index (χ1n) is 8.11. The number of hydrogen-bond acceptors (Lipinski definition) is 4. The van der Waals surface area contributed by atoms with Crippen molar-refractivity contribution in [3.63, 3.8) is 0 Å². The van der Waals surface area contributed by atoms with Crippen LogP contribution in [0.25, 0.3) is 0 Å². The van der Waals surface area contributed by atoms with E-state index in [9.17, 15) is 4.79 Å². The van der Waals surface area contributed by atoms with Gasteiger partial charge in [-0.2, -0.15) is 0 Å². The zero-order valence-corrected chi connectivity index (χ0v) is 13.4. The van der Waals surface area contributed by atoms with Crippen molar-refractivity contribution in [1.82, 2.24) is 15.3 Å². The van der Waals surface area contributed by atoms with E-state index in [1.54, 1.807) is 12.4 Å². The predicted molar refractivity (Wildman–Crippen MR) is 90.3 cm³/mol. The molecule has 5 nitrogen and oxygen atoms in total. The monoisotopic (exact) mass is 310 g/mol. The summed E-state index contributed by atoms with van der Waals surface area (Å²) in [6.07, 6.45) is 5.56. The fraction of sp³-hybridized carbons (Fsp3) is 0.389. The van der Waals surface area contributed by atoms with Crippen molar-refractivity contribution in [1.29, 1.82) is 0 Å². The molecule has 1 aliphatic rings. The molecule has 120 valence electrons. The smallest absolute Gasteiger partial charge is 0.254 e. The van der Waals surface area contributed by atoms with Crippen LogP contribution in [0.3, 0.4) is 0 Å². The molecule has 2 aromatic rings. The van der Waals surface area contributed by atoms with Crippen molar-refractivity contribution in [3.8, 4) is 0 Å². The lowest BCUT2D eigenvalue weighted by molar-refractivity contribution is 0.0950. The highest BCUT2D eigenvalue weighted by Gasteiger charge is 2.18. The molecule has 0 spiro atoms. The Morgan fingerprint density at radius 1 is 1.17 bits per heavy atom. The van der Waals surface area contributed by atoms with Gasteiger partial charge in [0.1, 0.15) is 0 Å². The van der Waals surface area contributed by atoms with Crippen LogP contribution in [0.4, 0.5) is 5.95 Å². The Morgan fingerprint density at radius 3 is 2.48 bits per heavy atom. The Morgan fingerprint density at radius 2 is 1.83 bits per heavy atom. The standard InChI is InChI=1S/C18H22N4O/c1-14-7-9-22(10-8-14)18-20-12-16(13-21-18)17(23)19-11-15-5-3-2-4-6-15/h2-6,12-14H,7-11H2,1H3,(H,19,23). The number of rotatable bonds is 4. The van der Waals surface area contributed by atoms with E-state index >= 15 is 0 Å². The highest BCUT2D eigenvalue weighted by atomic mass is 16.1. The predicted octanol–water partition coefficient (Wildman–Crippen LogP) is 2.64. The summed E-state index contributed by atoms with van der Waals surface area (Å²) in [7, 11) is 0. The lowest BCUT2D eigenvalue weighted by Crippen LogP contribution is -2.34. The second kappa shape index (κ2) is 7.22. The number of carbonyl (C=O) groups is 1. The zero-order valence-electron chi connectivity index (χ0n) is 13.4. The third-order valence-corrected chi connectivity index (χ3v) is 4.26. The van der Waals surface area contributed by atoms with Gasteiger partial charge in [-0.05, 0) is 24.3 Å². The first kappa shape index (κ1) is 15.5. The summed E-state index contributed by atoms with van der Waals surface area (Å²) >= 11 is 0. The van der Waals surface area contributed by atoms with Gasteiger partial charge in [-0.1, -0.05) is 37.3 Å². The molecule has 0 saturated carbocycles. The Bertz CT molecular complexity index is 634. The number of carbonyl (C=O) groups excluding carboxylic acids is 1. The van der Waals surface area contributed by atoms with Gasteiger partial charge in [-0.3, -0.25) is 4.79 Å². The average Bonchev–Trinajstić information content (AvgIpc) is 2.61. The van der Waals surface area contributed by atoms with Crippen LogP contribution in [0, 0.1) is 5.92 Å². The summed E-state index contributed by atoms with van der Waals surface area (Å²) in [6.45, 7) is 4.76. The number of piperidine rings is 1. The molecule has 1 saturated heterocycles. The van der Waals surface area contributed by atoms with Crippen LogP contribution >= 0.6 is 0 Å². The van der Waals surface area contributed by atoms with Crippen LogP contribution < -0.4 is 10.2 Å². The minimum Gasteiger partial charge on any atom is -0.348 e. The lowest BCUT2D eigenvalue weighted by atomic mass is 10.00. The van der Waals surface area contributed by atoms with Gasteiger partial charge in [0.05, 0.1) is 5.56 Å². The van der Waals surface area contributed by atoms with Crippen molar-refractivity contribution in [2.45, 2.75) is 26.3 Å². The maximum absolute atomic E-state index is 12.1. The molecule has 0 radical (unpaired) electrons. The molecule has 5 heteroatoms. The maximum Gasteiger partial charge on any atom is 0.254 e. The molecule has 2 heterocycles. The maximum atomic E-state index is 12.1. The lowest BCUT2D eigenvalue weighted by Gasteiger charge is -2.30. The molecular weight excluding hydrogens is 288 g/mol. The van der Waals surface area contributed by atoms with Crippen LogP contribution in [0.5, 0.6) is 0 Å². The van der Waals surface area contributed by atoms with Crippen LogP contribution in [-0.4, -0.2) is 29.0 Å². The molecular formula is C18H22N4O. The molecule has 0 unspecified atom stereocenters. The number of aromatic nitrogens is 2. The largest absolute Gasteiger partial charge is 0.348 e. The third kappa shape index (κ3) is 4.06. The minimum atomic E-state index is -0.146. The highest BCUT2D eigenvalue weighted by molar-refractivity contribution is 5.93. The molecule has 1 amide bonds. The average molecular weight is 310 g/mol. The summed E-state index contributed by atoms with van der Waals surface area (Å²) in [5, 5.41) is 2.89. The number of benzene rings is 1. The number of nitrogens with one attached hydrogen (secondary N) is 1. The number of amides is 1. The summed E-state index contributed by atoms with van der Waals surface area (Å²) in [5.41, 5.74) is 1.57. The Kier molecular flexibility index (Phi) is 4.86. The first-order chi connectivity index (χ1) is 11.2. The van der Waals surface area contributed by atoms with Gasteiger partial charge in [0.25, 0.3) is 5.91 Å². The Balaban J connectivity index is 1.57. The van der Waals surface area contributed by atoms with Gasteiger partial charge in [-0.15, -0.1) is 0 Å². The van der Waals surface area contributed by atoms with Gasteiger partial charge in [0, 0.05) is 32.0 Å². The second-order valence-corrected chi connectivity index (χ2v) is 6.11. The molecule has 1 N–H and O–H groups in total. The van der Waals surface area contributed by atoms with Crippen molar-refractivity contribution >= 4 is 11.9 Å². The quantitative estimate of drug-likeness (QED) is 0.943. The van der Waals surface area contributed by atoms with E-state index in [2.05, 4.69) is 27.1 Å². The molecule has 0 atom stereocenters. The van der Waals surface area contributed by atoms with Crippen molar-refractivity contribution in [3.05, 3.63) is 53.9 Å². The molecule has 1 aromatic carbocycles. The second-order valence-electron chi connectivity index (χ2n) is 6.11. The zero-order chi connectivity index (χ0) is 16.1. The highest BCUT2D eigenvalue weighted by Crippen LogP contribution is 2.19. The molecule has 0 bridgehead atoms. The molecule has 1 aliphatic heterocycles. The Labute approximate surface area is 136 Å². The normalized spacial score (nSPS) is 15.4. The van der Waals surface area contributed by atoms with Gasteiger partial charge in [0.15, 0.2) is 0 Å². The van der Waals surface area contributed by atoms with E-state index in [1.807, 2.05) is 30.3 Å². The number of anilines is 1. The van der Waals surface area contributed by atoms with E-state index in [0.29, 0.717) is 12.1 Å². The van der Waals surface area contributed by atoms with Gasteiger partial charge in [0.2, 0.25) is 5.95 Å². The van der Waals surface area contributed by atoms with Crippen LogP contribution in [-0.2, 0) is 6.54 Å². The van der Waals surface area contributed by atoms with E-state index < -0.39 is 0 Å². The topological polar surface area (TPSA) is 58.1 Å². The van der Waals surface area contributed by atoms with E-state index in [4.69, 9.17) is 0 Å². The summed E-state index contributed by atoms with van der Waals surface area (Å²) < 4.78 is 0. The molecule has 0 aliphatic carbocycles. The van der Waals surface area contributed by atoms with Crippen LogP contribution in [0.1, 0.15) is 35.7 Å². The number of nitrogens with zero attached hydrogens (tertiary/aromatic N) is 3. The SMILES string of the molecule is CC1CCN(c2ncc(C(=O)NCc3ccccc3)cn2)CC1. The fourth-order valence-corrected chi connectivity index (χ4v) is 2.69. The summed E-state index contributed by atoms with van der Waals surface area (Å²) in [4.78, 5) is 23.0. The number of hydrogen-bond donors (Lipinski definition) is 1. The summed E-state index contributed by atoms with van der Waals surface area (Å²) in [6, 6.07) is 9.84. The fourth-order valence-electron chi connectivity index (χ4n) is 2.69. The Hall–Kier alpha value is -2.43. The van der Waals surface area contributed by atoms with Crippen molar-refractivity contribution in [2.24, 2.45) is 5.92 Å². The van der Waals surface area contributed by atoms with E-state index in [-0.39, 0.29) is 5.91 Å². The van der Waals surface area contributed by atoms with Crippen molar-refractivity contribution < 1.29 is 4.79 Å². The van der Waals surface area contributed by atoms with E-state index in [0.717, 1.165) is 30.5 Å². The van der Waals surface area contributed by atoms with E-state index in [1.165, 1.54) is 12.8 Å². The molecule has 23 heavy (non-hydrogen) atoms. The summed E-state index contributed by atoms with van der Waals surface area (Å²) in [5.74, 6) is 1.35. The molecule has 1 aromatic heterocycles. The molecule has 1 fully saturated rings.